The highest BCUT2D eigenvalue weighted by Gasteiger charge is 2.53. The van der Waals surface area contributed by atoms with Gasteiger partial charge in [-0.2, -0.15) is 10.4 Å². The van der Waals surface area contributed by atoms with Gasteiger partial charge in [-0.1, -0.05) is 11.6 Å². The fourth-order valence-electron chi connectivity index (χ4n) is 5.17. The summed E-state index contributed by atoms with van der Waals surface area (Å²) in [5, 5.41) is 17.9. The number of aromatic amines is 1. The van der Waals surface area contributed by atoms with Crippen molar-refractivity contribution < 1.29 is 4.79 Å². The number of likely N-dealkylation sites (tertiary alicyclic amines) is 1. The summed E-state index contributed by atoms with van der Waals surface area (Å²) >= 11 is 6.34. The summed E-state index contributed by atoms with van der Waals surface area (Å²) in [4.78, 5) is 17.6. The molecule has 1 amide bonds. The van der Waals surface area contributed by atoms with E-state index in [-0.39, 0.29) is 11.4 Å². The van der Waals surface area contributed by atoms with Gasteiger partial charge in [-0.25, -0.2) is 0 Å². The first-order valence-corrected chi connectivity index (χ1v) is 10.5. The molecule has 3 heterocycles. The number of aromatic nitrogens is 2. The van der Waals surface area contributed by atoms with E-state index < -0.39 is 0 Å². The molecule has 2 saturated heterocycles. The molecule has 5 rings (SSSR count). The molecule has 1 N–H and O–H groups in total. The number of H-pyrrole nitrogens is 1. The third-order valence-corrected chi connectivity index (χ3v) is 7.03. The highest BCUT2D eigenvalue weighted by atomic mass is 35.5. The van der Waals surface area contributed by atoms with Crippen LogP contribution in [-0.2, 0) is 0 Å². The smallest absolute Gasteiger partial charge is 0.254 e. The van der Waals surface area contributed by atoms with Crippen LogP contribution in [0, 0.1) is 23.2 Å². The number of rotatable bonds is 2. The molecule has 0 radical (unpaired) electrons. The van der Waals surface area contributed by atoms with Gasteiger partial charge in [0.2, 0.25) is 0 Å². The van der Waals surface area contributed by atoms with Crippen LogP contribution in [0.5, 0.6) is 0 Å². The van der Waals surface area contributed by atoms with Crippen LogP contribution in [-0.4, -0.2) is 46.2 Å². The van der Waals surface area contributed by atoms with Gasteiger partial charge in [0.05, 0.1) is 23.3 Å². The number of hydrogen-bond acceptors (Lipinski definition) is 4. The Hall–Kier alpha value is -3.04. The van der Waals surface area contributed by atoms with Crippen molar-refractivity contribution in [3.05, 3.63) is 58.7 Å². The molecule has 2 aliphatic heterocycles. The first-order chi connectivity index (χ1) is 14.4. The zero-order chi connectivity index (χ0) is 21.0. The normalized spacial score (nSPS) is 22.3. The van der Waals surface area contributed by atoms with Crippen molar-refractivity contribution in [1.82, 2.24) is 15.1 Å². The Morgan fingerprint density at radius 2 is 2.00 bits per heavy atom. The summed E-state index contributed by atoms with van der Waals surface area (Å²) in [5.74, 6) is 0.787. The third-order valence-electron chi connectivity index (χ3n) is 6.81. The summed E-state index contributed by atoms with van der Waals surface area (Å²) in [7, 11) is 0. The zero-order valence-electron chi connectivity index (χ0n) is 16.9. The van der Waals surface area contributed by atoms with Gasteiger partial charge in [0, 0.05) is 58.7 Å². The minimum atomic E-state index is -0.265. The van der Waals surface area contributed by atoms with Crippen molar-refractivity contribution >= 4 is 34.1 Å². The minimum Gasteiger partial charge on any atom is -0.370 e. The monoisotopic (exact) mass is 419 g/mol. The number of anilines is 1. The fraction of sp³-hybridized carbons (Fsp3) is 0.348. The highest BCUT2D eigenvalue weighted by Crippen LogP contribution is 2.46. The minimum absolute atomic E-state index is 0.0328. The number of carbonyl (C=O) groups excluding carboxylic acids is 1. The van der Waals surface area contributed by atoms with Gasteiger partial charge >= 0.3 is 0 Å². The second kappa shape index (κ2) is 6.75. The number of benzene rings is 2. The lowest BCUT2D eigenvalue weighted by molar-refractivity contribution is 0.0606. The van der Waals surface area contributed by atoms with Gasteiger partial charge in [0.15, 0.2) is 0 Å². The SMILES string of the molecule is CC1(C)C2CN(c3cc(Cl)cc4[nH]ncc34)CC2CN1C(=O)c1ccc(C#N)cc1. The van der Waals surface area contributed by atoms with Gasteiger partial charge in [0.25, 0.3) is 5.91 Å². The van der Waals surface area contributed by atoms with Gasteiger partial charge in [-0.3, -0.25) is 9.89 Å². The number of nitrogens with one attached hydrogen (secondary N) is 1. The van der Waals surface area contributed by atoms with Crippen LogP contribution >= 0.6 is 11.6 Å². The van der Waals surface area contributed by atoms with E-state index in [1.54, 1.807) is 24.3 Å². The Balaban J connectivity index is 1.40. The molecule has 1 aromatic heterocycles. The summed E-state index contributed by atoms with van der Waals surface area (Å²) < 4.78 is 0. The summed E-state index contributed by atoms with van der Waals surface area (Å²) in [5.41, 5.74) is 2.96. The van der Waals surface area contributed by atoms with E-state index >= 15 is 0 Å². The standard InChI is InChI=1S/C23H22ClN5O/c1-23(2)19-13-28(21-8-17(24)7-20-18(21)10-26-27-20)11-16(19)12-29(23)22(30)15-5-3-14(9-25)4-6-15/h3-8,10,16,19H,11-13H2,1-2H3,(H,26,27). The molecule has 7 heteroatoms. The van der Waals surface area contributed by atoms with Gasteiger partial charge in [-0.05, 0) is 50.2 Å². The van der Waals surface area contributed by atoms with Crippen LogP contribution in [0.3, 0.4) is 0 Å². The largest absolute Gasteiger partial charge is 0.370 e. The van der Waals surface area contributed by atoms with Crippen molar-refractivity contribution in [2.24, 2.45) is 11.8 Å². The lowest BCUT2D eigenvalue weighted by Gasteiger charge is -2.37. The maximum absolute atomic E-state index is 13.2. The maximum atomic E-state index is 13.2. The van der Waals surface area contributed by atoms with Crippen molar-refractivity contribution in [3.63, 3.8) is 0 Å². The summed E-state index contributed by atoms with van der Waals surface area (Å²) in [6.07, 6.45) is 1.85. The molecule has 2 fully saturated rings. The molecule has 0 bridgehead atoms. The molecular weight excluding hydrogens is 398 g/mol. The van der Waals surface area contributed by atoms with Crippen LogP contribution in [0.25, 0.3) is 10.9 Å². The number of carbonyl (C=O) groups is 1. The molecule has 152 valence electrons. The zero-order valence-corrected chi connectivity index (χ0v) is 17.6. The second-order valence-electron chi connectivity index (χ2n) is 8.79. The topological polar surface area (TPSA) is 76.0 Å². The number of nitrogens with zero attached hydrogens (tertiary/aromatic N) is 4. The molecular formula is C23H22ClN5O. The Labute approximate surface area is 180 Å². The predicted octanol–water partition coefficient (Wildman–Crippen LogP) is 4.07. The first kappa shape index (κ1) is 19.0. The fourth-order valence-corrected chi connectivity index (χ4v) is 5.38. The third kappa shape index (κ3) is 2.85. The van der Waals surface area contributed by atoms with Crippen molar-refractivity contribution in [1.29, 1.82) is 5.26 Å². The molecule has 0 saturated carbocycles. The number of halogens is 1. The highest BCUT2D eigenvalue weighted by molar-refractivity contribution is 6.31. The van der Waals surface area contributed by atoms with Crippen LogP contribution < -0.4 is 4.90 Å². The van der Waals surface area contributed by atoms with Gasteiger partial charge in [-0.15, -0.1) is 0 Å². The van der Waals surface area contributed by atoms with Crippen LogP contribution in [0.4, 0.5) is 5.69 Å². The Morgan fingerprint density at radius 3 is 2.70 bits per heavy atom. The maximum Gasteiger partial charge on any atom is 0.254 e. The van der Waals surface area contributed by atoms with Crippen molar-refractivity contribution in [2.75, 3.05) is 24.5 Å². The van der Waals surface area contributed by atoms with Crippen LogP contribution in [0.2, 0.25) is 5.02 Å². The molecule has 2 aliphatic rings. The predicted molar refractivity (Wildman–Crippen MR) is 117 cm³/mol. The van der Waals surface area contributed by atoms with Crippen LogP contribution in [0.15, 0.2) is 42.6 Å². The number of hydrogen-bond donors (Lipinski definition) is 1. The van der Waals surface area contributed by atoms with E-state index in [4.69, 9.17) is 16.9 Å². The van der Waals surface area contributed by atoms with E-state index in [0.717, 1.165) is 36.2 Å². The van der Waals surface area contributed by atoms with Gasteiger partial charge < -0.3 is 9.80 Å². The number of amides is 1. The molecule has 30 heavy (non-hydrogen) atoms. The lowest BCUT2D eigenvalue weighted by atomic mass is 9.84. The molecule has 2 aromatic carbocycles. The van der Waals surface area contributed by atoms with Crippen molar-refractivity contribution in [2.45, 2.75) is 19.4 Å². The van der Waals surface area contributed by atoms with E-state index in [9.17, 15) is 4.79 Å². The van der Waals surface area contributed by atoms with E-state index in [1.165, 1.54) is 0 Å². The van der Waals surface area contributed by atoms with Gasteiger partial charge in [0.1, 0.15) is 0 Å². The lowest BCUT2D eigenvalue weighted by Crippen LogP contribution is -2.48. The average molecular weight is 420 g/mol. The average Bonchev–Trinajstić information content (AvgIpc) is 3.42. The van der Waals surface area contributed by atoms with Crippen LogP contribution in [0.1, 0.15) is 29.8 Å². The summed E-state index contributed by atoms with van der Waals surface area (Å²) in [6.45, 7) is 6.80. The van der Waals surface area contributed by atoms with Crippen molar-refractivity contribution in [3.8, 4) is 6.07 Å². The first-order valence-electron chi connectivity index (χ1n) is 10.1. The molecule has 2 atom stereocenters. The number of nitriles is 1. The molecule has 0 spiro atoms. The Morgan fingerprint density at radius 1 is 1.23 bits per heavy atom. The van der Waals surface area contributed by atoms with E-state index in [0.29, 0.717) is 28.0 Å². The molecule has 0 aliphatic carbocycles. The molecule has 2 unspecified atom stereocenters. The van der Waals surface area contributed by atoms with E-state index in [1.807, 2.05) is 23.2 Å². The molecule has 3 aromatic rings. The quantitative estimate of drug-likeness (QED) is 0.679. The Bertz CT molecular complexity index is 1180. The summed E-state index contributed by atoms with van der Waals surface area (Å²) in [6, 6.07) is 12.9. The number of fused-ring (bicyclic) bond motifs is 2. The van der Waals surface area contributed by atoms with E-state index in [2.05, 4.69) is 35.0 Å². The second-order valence-corrected chi connectivity index (χ2v) is 9.22. The Kier molecular flexibility index (Phi) is 4.26. The molecule has 6 nitrogen and oxygen atoms in total.